The van der Waals surface area contributed by atoms with E-state index in [1.807, 2.05) is 17.9 Å². The number of aryl methyl sites for hydroxylation is 1. The van der Waals surface area contributed by atoms with Crippen LogP contribution in [0.5, 0.6) is 0 Å². The lowest BCUT2D eigenvalue weighted by molar-refractivity contribution is -0.103. The minimum Gasteiger partial charge on any atom is -0.376 e. The van der Waals surface area contributed by atoms with Crippen LogP contribution >= 0.6 is 15.9 Å². The van der Waals surface area contributed by atoms with Crippen molar-refractivity contribution in [1.82, 2.24) is 15.1 Å². The van der Waals surface area contributed by atoms with E-state index in [0.717, 1.165) is 23.1 Å². The number of halogens is 1. The molecule has 1 aliphatic rings. The molecule has 1 aromatic heterocycles. The summed E-state index contributed by atoms with van der Waals surface area (Å²) in [6.07, 6.45) is 2.94. The Bertz CT molecular complexity index is 358. The predicted molar refractivity (Wildman–Crippen MR) is 72.5 cm³/mol. The molecular formula is C12H20BrN3O2. The number of rotatable bonds is 5. The van der Waals surface area contributed by atoms with Crippen LogP contribution in [0.3, 0.4) is 0 Å². The summed E-state index contributed by atoms with van der Waals surface area (Å²) in [5, 5.41) is 7.80. The van der Waals surface area contributed by atoms with Crippen molar-refractivity contribution in [1.29, 1.82) is 0 Å². The monoisotopic (exact) mass is 317 g/mol. The number of hydrogen-bond acceptors (Lipinski definition) is 4. The van der Waals surface area contributed by atoms with E-state index in [9.17, 15) is 0 Å². The Kier molecular flexibility index (Phi) is 5.17. The maximum absolute atomic E-state index is 5.82. The number of nitrogens with zero attached hydrogens (tertiary/aromatic N) is 2. The third-order valence-electron chi connectivity index (χ3n) is 3.06. The van der Waals surface area contributed by atoms with Gasteiger partial charge in [-0.05, 0) is 28.9 Å². The van der Waals surface area contributed by atoms with E-state index >= 15 is 0 Å². The van der Waals surface area contributed by atoms with Gasteiger partial charge in [0.1, 0.15) is 6.10 Å². The van der Waals surface area contributed by atoms with Gasteiger partial charge in [0.25, 0.3) is 0 Å². The van der Waals surface area contributed by atoms with Crippen molar-refractivity contribution >= 4 is 15.9 Å². The second-order valence-corrected chi connectivity index (χ2v) is 5.27. The molecule has 0 aliphatic carbocycles. The summed E-state index contributed by atoms with van der Waals surface area (Å²) in [4.78, 5) is 0. The second-order valence-electron chi connectivity index (χ2n) is 4.42. The van der Waals surface area contributed by atoms with E-state index in [-0.39, 0.29) is 12.1 Å². The van der Waals surface area contributed by atoms with Crippen LogP contribution in [0.25, 0.3) is 0 Å². The molecule has 6 heteroatoms. The molecule has 1 N–H and O–H groups in total. The fourth-order valence-corrected chi connectivity index (χ4v) is 2.77. The highest BCUT2D eigenvalue weighted by Crippen LogP contribution is 2.27. The van der Waals surface area contributed by atoms with Crippen molar-refractivity contribution in [2.75, 3.05) is 26.4 Å². The Labute approximate surface area is 116 Å². The van der Waals surface area contributed by atoms with E-state index in [1.54, 1.807) is 0 Å². The first-order chi connectivity index (χ1) is 8.74. The summed E-state index contributed by atoms with van der Waals surface area (Å²) < 4.78 is 14.2. The zero-order valence-corrected chi connectivity index (χ0v) is 12.4. The van der Waals surface area contributed by atoms with Crippen molar-refractivity contribution < 1.29 is 9.47 Å². The molecule has 0 aromatic carbocycles. The van der Waals surface area contributed by atoms with E-state index in [0.29, 0.717) is 19.8 Å². The average molecular weight is 318 g/mol. The van der Waals surface area contributed by atoms with Crippen LogP contribution in [0.15, 0.2) is 10.7 Å². The normalized spacial score (nSPS) is 22.1. The van der Waals surface area contributed by atoms with E-state index in [4.69, 9.17) is 9.47 Å². The fraction of sp³-hybridized carbons (Fsp3) is 0.750. The first-order valence-corrected chi connectivity index (χ1v) is 7.13. The summed E-state index contributed by atoms with van der Waals surface area (Å²) >= 11 is 3.56. The average Bonchev–Trinajstić information content (AvgIpc) is 2.72. The topological polar surface area (TPSA) is 48.3 Å². The minimum absolute atomic E-state index is 0.0389. The van der Waals surface area contributed by atoms with Crippen molar-refractivity contribution in [3.63, 3.8) is 0 Å². The summed E-state index contributed by atoms with van der Waals surface area (Å²) in [5.74, 6) is 0. The van der Waals surface area contributed by atoms with Crippen LogP contribution in [-0.4, -0.2) is 42.2 Å². The number of hydrogen-bond donors (Lipinski definition) is 1. The van der Waals surface area contributed by atoms with Crippen LogP contribution in [0.1, 0.15) is 25.1 Å². The summed E-state index contributed by atoms with van der Waals surface area (Å²) in [5.41, 5.74) is 1.11. The lowest BCUT2D eigenvalue weighted by atomic mass is 10.1. The molecule has 18 heavy (non-hydrogen) atoms. The summed E-state index contributed by atoms with van der Waals surface area (Å²) in [6.45, 7) is 5.07. The highest BCUT2D eigenvalue weighted by molar-refractivity contribution is 9.10. The molecule has 0 radical (unpaired) electrons. The molecule has 0 saturated carbocycles. The Morgan fingerprint density at radius 3 is 3.00 bits per heavy atom. The van der Waals surface area contributed by atoms with Gasteiger partial charge in [0.05, 0.1) is 42.2 Å². The van der Waals surface area contributed by atoms with E-state index < -0.39 is 0 Å². The first-order valence-electron chi connectivity index (χ1n) is 6.34. The molecule has 0 spiro atoms. The highest BCUT2D eigenvalue weighted by atomic mass is 79.9. The van der Waals surface area contributed by atoms with Gasteiger partial charge in [0, 0.05) is 7.05 Å². The summed E-state index contributed by atoms with van der Waals surface area (Å²) in [7, 11) is 1.95. The SMILES string of the molecule is CCCNC(c1c(Br)cnn1C)C1COCCO1. The zero-order chi connectivity index (χ0) is 13.0. The molecule has 2 heterocycles. The third kappa shape index (κ3) is 3.12. The quantitative estimate of drug-likeness (QED) is 0.897. The smallest absolute Gasteiger partial charge is 0.102 e. The van der Waals surface area contributed by atoms with Crippen LogP contribution in [0.2, 0.25) is 0 Å². The third-order valence-corrected chi connectivity index (χ3v) is 3.67. The lowest BCUT2D eigenvalue weighted by Gasteiger charge is -2.31. The second kappa shape index (κ2) is 6.65. The fourth-order valence-electron chi connectivity index (χ4n) is 2.17. The van der Waals surface area contributed by atoms with Crippen molar-refractivity contribution in [3.8, 4) is 0 Å². The number of nitrogens with one attached hydrogen (secondary N) is 1. The molecule has 1 aliphatic heterocycles. The molecule has 1 fully saturated rings. The molecule has 0 bridgehead atoms. The largest absolute Gasteiger partial charge is 0.376 e. The van der Waals surface area contributed by atoms with Gasteiger partial charge in [0.2, 0.25) is 0 Å². The highest BCUT2D eigenvalue weighted by Gasteiger charge is 2.29. The molecule has 2 rings (SSSR count). The molecule has 102 valence electrons. The van der Waals surface area contributed by atoms with Crippen LogP contribution < -0.4 is 5.32 Å². The van der Waals surface area contributed by atoms with Gasteiger partial charge >= 0.3 is 0 Å². The van der Waals surface area contributed by atoms with Gasteiger partial charge < -0.3 is 14.8 Å². The van der Waals surface area contributed by atoms with Crippen LogP contribution in [-0.2, 0) is 16.5 Å². The van der Waals surface area contributed by atoms with Gasteiger partial charge in [-0.25, -0.2) is 0 Å². The molecule has 2 unspecified atom stereocenters. The Morgan fingerprint density at radius 1 is 1.61 bits per heavy atom. The van der Waals surface area contributed by atoms with Crippen molar-refractivity contribution in [3.05, 3.63) is 16.4 Å². The standard InChI is InChI=1S/C12H20BrN3O2/c1-3-4-14-11(10-8-17-5-6-18-10)12-9(13)7-15-16(12)2/h7,10-11,14H,3-6,8H2,1-2H3. The van der Waals surface area contributed by atoms with Crippen LogP contribution in [0.4, 0.5) is 0 Å². The molecule has 1 saturated heterocycles. The maximum atomic E-state index is 5.82. The maximum Gasteiger partial charge on any atom is 0.102 e. The van der Waals surface area contributed by atoms with Crippen molar-refractivity contribution in [2.45, 2.75) is 25.5 Å². The molecule has 1 aromatic rings. The lowest BCUT2D eigenvalue weighted by Crippen LogP contribution is -2.41. The van der Waals surface area contributed by atoms with E-state index in [2.05, 4.69) is 33.3 Å². The Morgan fingerprint density at radius 2 is 2.44 bits per heavy atom. The van der Waals surface area contributed by atoms with Crippen LogP contribution in [0, 0.1) is 0 Å². The molecular weight excluding hydrogens is 298 g/mol. The Hall–Kier alpha value is -0.430. The predicted octanol–water partition coefficient (Wildman–Crippen LogP) is 1.64. The minimum atomic E-state index is 0.0389. The summed E-state index contributed by atoms with van der Waals surface area (Å²) in [6, 6.07) is 0.104. The molecule has 0 amide bonds. The Balaban J connectivity index is 2.18. The molecule has 5 nitrogen and oxygen atoms in total. The van der Waals surface area contributed by atoms with Gasteiger partial charge in [-0.15, -0.1) is 0 Å². The molecule has 2 atom stereocenters. The zero-order valence-electron chi connectivity index (χ0n) is 10.9. The van der Waals surface area contributed by atoms with Gasteiger partial charge in [-0.1, -0.05) is 6.92 Å². The van der Waals surface area contributed by atoms with E-state index in [1.165, 1.54) is 0 Å². The number of ether oxygens (including phenoxy) is 2. The van der Waals surface area contributed by atoms with Gasteiger partial charge in [-0.2, -0.15) is 5.10 Å². The van der Waals surface area contributed by atoms with Gasteiger partial charge in [0.15, 0.2) is 0 Å². The van der Waals surface area contributed by atoms with Gasteiger partial charge in [-0.3, -0.25) is 4.68 Å². The first kappa shape index (κ1) is 14.0. The van der Waals surface area contributed by atoms with Crippen molar-refractivity contribution in [2.24, 2.45) is 7.05 Å². The number of aromatic nitrogens is 2.